The molecular weight excluding hydrogens is 212 g/mol. The van der Waals surface area contributed by atoms with Gasteiger partial charge in [0.05, 0.1) is 0 Å². The first-order valence-corrected chi connectivity index (χ1v) is 6.73. The Balaban J connectivity index is 2.07. The van der Waals surface area contributed by atoms with Crippen LogP contribution in [-0.4, -0.2) is 23.5 Å². The number of rotatable bonds is 5. The van der Waals surface area contributed by atoms with Gasteiger partial charge in [-0.25, -0.2) is 0 Å². The van der Waals surface area contributed by atoms with Crippen LogP contribution in [0.25, 0.3) is 0 Å². The van der Waals surface area contributed by atoms with Crippen LogP contribution in [0.4, 0.5) is 0 Å². The molecule has 1 fully saturated rings. The van der Waals surface area contributed by atoms with Crippen molar-refractivity contribution in [2.45, 2.75) is 52.0 Å². The van der Waals surface area contributed by atoms with Crippen LogP contribution in [0.3, 0.4) is 0 Å². The highest BCUT2D eigenvalue weighted by molar-refractivity contribution is 4.98. The van der Waals surface area contributed by atoms with Gasteiger partial charge in [0.2, 0.25) is 0 Å². The van der Waals surface area contributed by atoms with Crippen LogP contribution in [0.2, 0.25) is 0 Å². The first-order valence-electron chi connectivity index (χ1n) is 6.73. The molecule has 0 saturated heterocycles. The van der Waals surface area contributed by atoms with E-state index < -0.39 is 0 Å². The summed E-state index contributed by atoms with van der Waals surface area (Å²) < 4.78 is 7.46. The van der Waals surface area contributed by atoms with E-state index in [2.05, 4.69) is 22.8 Å². The molecule has 0 bridgehead atoms. The molecule has 0 spiro atoms. The van der Waals surface area contributed by atoms with E-state index in [0.29, 0.717) is 5.41 Å². The van der Waals surface area contributed by atoms with E-state index in [9.17, 15) is 0 Å². The van der Waals surface area contributed by atoms with Crippen LogP contribution < -0.4 is 0 Å². The van der Waals surface area contributed by atoms with Crippen molar-refractivity contribution in [1.82, 2.24) is 9.78 Å². The van der Waals surface area contributed by atoms with Crippen molar-refractivity contribution >= 4 is 0 Å². The summed E-state index contributed by atoms with van der Waals surface area (Å²) >= 11 is 0. The van der Waals surface area contributed by atoms with Crippen molar-refractivity contribution in [1.29, 1.82) is 0 Å². The molecule has 96 valence electrons. The van der Waals surface area contributed by atoms with Gasteiger partial charge in [0.15, 0.2) is 0 Å². The fourth-order valence-electron chi connectivity index (χ4n) is 2.99. The van der Waals surface area contributed by atoms with Crippen molar-refractivity contribution < 1.29 is 4.74 Å². The molecule has 0 N–H and O–H groups in total. The molecule has 2 rings (SSSR count). The van der Waals surface area contributed by atoms with Crippen molar-refractivity contribution in [3.8, 4) is 0 Å². The van der Waals surface area contributed by atoms with Gasteiger partial charge < -0.3 is 4.74 Å². The van der Waals surface area contributed by atoms with E-state index in [4.69, 9.17) is 4.74 Å². The van der Waals surface area contributed by atoms with Crippen LogP contribution in [0.5, 0.6) is 0 Å². The lowest BCUT2D eigenvalue weighted by Gasteiger charge is -2.37. The summed E-state index contributed by atoms with van der Waals surface area (Å²) in [7, 11) is 1.80. The number of aromatic nitrogens is 2. The van der Waals surface area contributed by atoms with Gasteiger partial charge in [0.1, 0.15) is 0 Å². The number of nitrogens with zero attached hydrogens (tertiary/aromatic N) is 2. The third-order valence-electron chi connectivity index (χ3n) is 4.16. The normalized spacial score (nSPS) is 19.4. The second-order valence-corrected chi connectivity index (χ2v) is 5.43. The van der Waals surface area contributed by atoms with Gasteiger partial charge in [-0.3, -0.25) is 4.68 Å². The summed E-state index contributed by atoms with van der Waals surface area (Å²) in [4.78, 5) is 0. The number of hydrogen-bond acceptors (Lipinski definition) is 2. The van der Waals surface area contributed by atoms with E-state index in [0.717, 1.165) is 13.2 Å². The molecule has 1 heterocycles. The quantitative estimate of drug-likeness (QED) is 0.785. The Hall–Kier alpha value is -0.830. The summed E-state index contributed by atoms with van der Waals surface area (Å²) in [5.41, 5.74) is 1.69. The number of aryl methyl sites for hydroxylation is 1. The highest BCUT2D eigenvalue weighted by Gasteiger charge is 2.32. The molecule has 3 heteroatoms. The van der Waals surface area contributed by atoms with E-state index in [1.54, 1.807) is 7.11 Å². The Bertz CT molecular complexity index is 340. The molecular formula is C14H24N2O. The molecule has 1 aromatic heterocycles. The number of methoxy groups -OCH3 is 1. The summed E-state index contributed by atoms with van der Waals surface area (Å²) in [6, 6.07) is 2.09. The lowest BCUT2D eigenvalue weighted by molar-refractivity contribution is 0.0829. The van der Waals surface area contributed by atoms with Crippen LogP contribution in [0, 0.1) is 12.3 Å². The fourth-order valence-corrected chi connectivity index (χ4v) is 2.99. The zero-order valence-electron chi connectivity index (χ0n) is 11.1. The molecule has 0 amide bonds. The number of hydrogen-bond donors (Lipinski definition) is 0. The van der Waals surface area contributed by atoms with Gasteiger partial charge >= 0.3 is 0 Å². The van der Waals surface area contributed by atoms with Crippen molar-refractivity contribution in [3.63, 3.8) is 0 Å². The molecule has 1 aliphatic carbocycles. The van der Waals surface area contributed by atoms with Crippen molar-refractivity contribution in [3.05, 3.63) is 18.0 Å². The van der Waals surface area contributed by atoms with Crippen molar-refractivity contribution in [2.24, 2.45) is 5.41 Å². The maximum absolute atomic E-state index is 5.29. The average Bonchev–Trinajstić information content (AvgIpc) is 2.74. The van der Waals surface area contributed by atoms with Gasteiger partial charge in [-0.15, -0.1) is 0 Å². The first kappa shape index (κ1) is 12.6. The Morgan fingerprint density at radius 2 is 2.12 bits per heavy atom. The lowest BCUT2D eigenvalue weighted by Crippen LogP contribution is -2.31. The Kier molecular flexibility index (Phi) is 4.21. The maximum atomic E-state index is 5.29. The Labute approximate surface area is 104 Å². The van der Waals surface area contributed by atoms with Gasteiger partial charge in [-0.2, -0.15) is 5.10 Å². The minimum atomic E-state index is 0.422. The maximum Gasteiger partial charge on any atom is 0.0492 e. The lowest BCUT2D eigenvalue weighted by atomic mass is 9.72. The molecule has 1 aliphatic rings. The third-order valence-corrected chi connectivity index (χ3v) is 4.16. The molecule has 1 aromatic rings. The summed E-state index contributed by atoms with van der Waals surface area (Å²) in [6.45, 7) is 4.08. The van der Waals surface area contributed by atoms with Crippen LogP contribution in [0.15, 0.2) is 12.3 Å². The summed E-state index contributed by atoms with van der Waals surface area (Å²) in [5.74, 6) is 0. The predicted octanol–water partition coefficient (Wildman–Crippen LogP) is 3.18. The first-order chi connectivity index (χ1) is 8.26. The zero-order valence-corrected chi connectivity index (χ0v) is 11.1. The fraction of sp³-hybridized carbons (Fsp3) is 0.786. The smallest absolute Gasteiger partial charge is 0.0492 e. The summed E-state index contributed by atoms with van der Waals surface area (Å²) in [6.07, 6.45) is 9.86. The van der Waals surface area contributed by atoms with E-state index >= 15 is 0 Å². The summed E-state index contributed by atoms with van der Waals surface area (Å²) in [5, 5.41) is 4.44. The van der Waals surface area contributed by atoms with E-state index in [1.807, 2.05) is 6.20 Å². The van der Waals surface area contributed by atoms with Crippen molar-refractivity contribution in [2.75, 3.05) is 13.7 Å². The minimum absolute atomic E-state index is 0.422. The molecule has 0 radical (unpaired) electrons. The minimum Gasteiger partial charge on any atom is -0.385 e. The van der Waals surface area contributed by atoms with Gasteiger partial charge in [-0.05, 0) is 37.7 Å². The zero-order chi connectivity index (χ0) is 12.1. The van der Waals surface area contributed by atoms with Gasteiger partial charge in [-0.1, -0.05) is 19.3 Å². The molecule has 0 unspecified atom stereocenters. The molecule has 3 nitrogen and oxygen atoms in total. The third kappa shape index (κ3) is 3.09. The molecule has 0 aliphatic heterocycles. The Morgan fingerprint density at radius 3 is 2.71 bits per heavy atom. The van der Waals surface area contributed by atoms with Crippen LogP contribution in [-0.2, 0) is 11.3 Å². The molecule has 17 heavy (non-hydrogen) atoms. The van der Waals surface area contributed by atoms with Gasteiger partial charge in [0, 0.05) is 32.2 Å². The molecule has 0 atom stereocenters. The van der Waals surface area contributed by atoms with Gasteiger partial charge in [0.25, 0.3) is 0 Å². The Morgan fingerprint density at radius 1 is 1.35 bits per heavy atom. The van der Waals surface area contributed by atoms with E-state index in [1.165, 1.54) is 44.2 Å². The largest absolute Gasteiger partial charge is 0.385 e. The number of ether oxygens (including phenoxy) is 1. The van der Waals surface area contributed by atoms with E-state index in [-0.39, 0.29) is 0 Å². The predicted molar refractivity (Wildman–Crippen MR) is 69.0 cm³/mol. The molecule has 0 aromatic carbocycles. The monoisotopic (exact) mass is 236 g/mol. The highest BCUT2D eigenvalue weighted by atomic mass is 16.5. The highest BCUT2D eigenvalue weighted by Crippen LogP contribution is 2.40. The average molecular weight is 236 g/mol. The molecule has 1 saturated carbocycles. The topological polar surface area (TPSA) is 27.1 Å². The second kappa shape index (κ2) is 5.67. The second-order valence-electron chi connectivity index (χ2n) is 5.43. The SMILES string of the molecule is COCCC1(Cn2nccc2C)CCCCC1. The van der Waals surface area contributed by atoms with Crippen LogP contribution in [0.1, 0.15) is 44.2 Å². The standard InChI is InChI=1S/C14H24N2O/c1-13-6-10-15-16(13)12-14(9-11-17-2)7-4-3-5-8-14/h6,10H,3-5,7-9,11-12H2,1-2H3. The van der Waals surface area contributed by atoms with Crippen LogP contribution >= 0.6 is 0 Å².